The number of methoxy groups -OCH3 is 1. The fourth-order valence-electron chi connectivity index (χ4n) is 3.38. The van der Waals surface area contributed by atoms with Crippen molar-refractivity contribution >= 4 is 11.6 Å². The summed E-state index contributed by atoms with van der Waals surface area (Å²) in [6, 6.07) is 4.84. The van der Waals surface area contributed by atoms with Gasteiger partial charge in [-0.15, -0.1) is 0 Å². The minimum atomic E-state index is 0.188. The van der Waals surface area contributed by atoms with Gasteiger partial charge < -0.3 is 21.1 Å². The molecule has 134 valence electrons. The van der Waals surface area contributed by atoms with Gasteiger partial charge in [-0.1, -0.05) is 30.5 Å². The summed E-state index contributed by atoms with van der Waals surface area (Å²) in [5.41, 5.74) is 11.1. The van der Waals surface area contributed by atoms with Crippen LogP contribution in [0.5, 0.6) is 0 Å². The van der Waals surface area contributed by atoms with Gasteiger partial charge in [0.25, 0.3) is 0 Å². The van der Waals surface area contributed by atoms with Gasteiger partial charge >= 0.3 is 0 Å². The molecule has 0 bridgehead atoms. The zero-order valence-corrected chi connectivity index (χ0v) is 15.5. The van der Waals surface area contributed by atoms with Crippen molar-refractivity contribution in [2.24, 2.45) is 10.7 Å². The first-order valence-corrected chi connectivity index (χ1v) is 8.91. The lowest BCUT2D eigenvalue weighted by molar-refractivity contribution is 0.208. The van der Waals surface area contributed by atoms with Gasteiger partial charge in [-0.05, 0) is 44.7 Å². The maximum absolute atomic E-state index is 6.29. The Morgan fingerprint density at radius 1 is 1.21 bits per heavy atom. The predicted octanol–water partition coefficient (Wildman–Crippen LogP) is 2.89. The van der Waals surface area contributed by atoms with Crippen molar-refractivity contribution in [2.75, 3.05) is 25.6 Å². The van der Waals surface area contributed by atoms with E-state index in [1.54, 1.807) is 7.11 Å². The average molecular weight is 332 g/mol. The summed E-state index contributed by atoms with van der Waals surface area (Å²) in [7, 11) is 1.70. The zero-order chi connectivity index (χ0) is 17.5. The number of hydrogen-bond donors (Lipinski definition) is 3. The summed E-state index contributed by atoms with van der Waals surface area (Å²) >= 11 is 0. The third-order valence-electron chi connectivity index (χ3n) is 4.63. The lowest BCUT2D eigenvalue weighted by Gasteiger charge is -2.31. The molecule has 5 heteroatoms. The van der Waals surface area contributed by atoms with Crippen molar-refractivity contribution < 1.29 is 4.74 Å². The van der Waals surface area contributed by atoms with Crippen LogP contribution in [-0.2, 0) is 4.74 Å². The molecule has 5 nitrogen and oxygen atoms in total. The summed E-state index contributed by atoms with van der Waals surface area (Å²) in [6.07, 6.45) is 4.61. The number of rotatable bonds is 5. The van der Waals surface area contributed by atoms with E-state index < -0.39 is 0 Å². The Morgan fingerprint density at radius 3 is 2.50 bits per heavy atom. The first-order chi connectivity index (χ1) is 11.5. The number of benzene rings is 1. The molecule has 0 radical (unpaired) electrons. The van der Waals surface area contributed by atoms with Gasteiger partial charge in [0.1, 0.15) is 0 Å². The van der Waals surface area contributed by atoms with Crippen LogP contribution in [0.4, 0.5) is 5.69 Å². The Balaban J connectivity index is 2.15. The highest BCUT2D eigenvalue weighted by molar-refractivity contribution is 5.95. The van der Waals surface area contributed by atoms with E-state index >= 15 is 0 Å². The first kappa shape index (κ1) is 18.7. The van der Waals surface area contributed by atoms with Crippen molar-refractivity contribution in [3.8, 4) is 0 Å². The quantitative estimate of drug-likeness (QED) is 0.440. The fraction of sp³-hybridized carbons (Fsp3) is 0.632. The molecule has 2 rings (SSSR count). The Bertz CT molecular complexity index is 547. The predicted molar refractivity (Wildman–Crippen MR) is 102 cm³/mol. The average Bonchev–Trinajstić information content (AvgIpc) is 2.52. The monoisotopic (exact) mass is 332 g/mol. The normalized spacial score (nSPS) is 21.6. The molecule has 1 aliphatic rings. The van der Waals surface area contributed by atoms with E-state index in [1.807, 2.05) is 0 Å². The van der Waals surface area contributed by atoms with Crippen LogP contribution in [0.25, 0.3) is 0 Å². The minimum Gasteiger partial charge on any atom is -0.383 e. The Morgan fingerprint density at radius 2 is 1.88 bits per heavy atom. The molecule has 2 atom stereocenters. The molecule has 24 heavy (non-hydrogen) atoms. The molecule has 0 amide bonds. The molecule has 4 N–H and O–H groups in total. The lowest BCUT2D eigenvalue weighted by atomic mass is 9.91. The third-order valence-corrected chi connectivity index (χ3v) is 4.63. The van der Waals surface area contributed by atoms with Crippen molar-refractivity contribution in [1.82, 2.24) is 5.32 Å². The van der Waals surface area contributed by atoms with Gasteiger partial charge in [0, 0.05) is 24.9 Å². The summed E-state index contributed by atoms with van der Waals surface area (Å²) in [5, 5.41) is 7.04. The summed E-state index contributed by atoms with van der Waals surface area (Å²) in [4.78, 5) is 4.66. The largest absolute Gasteiger partial charge is 0.383 e. The maximum Gasteiger partial charge on any atom is 0.196 e. The molecule has 1 aromatic rings. The summed E-state index contributed by atoms with van der Waals surface area (Å²) in [5.74, 6) is 0.796. The van der Waals surface area contributed by atoms with Crippen LogP contribution in [0, 0.1) is 20.8 Å². The molecule has 0 saturated heterocycles. The van der Waals surface area contributed by atoms with E-state index in [4.69, 9.17) is 10.5 Å². The van der Waals surface area contributed by atoms with Crippen LogP contribution in [0.15, 0.2) is 17.1 Å². The number of hydrogen-bond acceptors (Lipinski definition) is 3. The Hall–Kier alpha value is -1.59. The van der Waals surface area contributed by atoms with E-state index in [1.165, 1.54) is 29.5 Å². The molecule has 0 unspecified atom stereocenters. The molecular formula is C19H32N4O. The van der Waals surface area contributed by atoms with Gasteiger partial charge in [-0.3, -0.25) is 4.99 Å². The van der Waals surface area contributed by atoms with Gasteiger partial charge in [-0.2, -0.15) is 0 Å². The molecule has 1 fully saturated rings. The number of anilines is 1. The van der Waals surface area contributed by atoms with Crippen LogP contribution in [0.3, 0.4) is 0 Å². The van der Waals surface area contributed by atoms with Crippen molar-refractivity contribution in [3.63, 3.8) is 0 Å². The second-order valence-corrected chi connectivity index (χ2v) is 6.82. The van der Waals surface area contributed by atoms with Crippen LogP contribution in [0.2, 0.25) is 0 Å². The maximum atomic E-state index is 6.29. The van der Waals surface area contributed by atoms with Gasteiger partial charge in [0.15, 0.2) is 5.96 Å². The molecule has 0 heterocycles. The number of nitrogens with zero attached hydrogens (tertiary/aromatic N) is 1. The van der Waals surface area contributed by atoms with Crippen LogP contribution >= 0.6 is 0 Å². The van der Waals surface area contributed by atoms with Crippen LogP contribution in [-0.4, -0.2) is 38.3 Å². The molecular weight excluding hydrogens is 300 g/mol. The number of aliphatic imine (C=N–C) groups is 1. The van der Waals surface area contributed by atoms with E-state index in [0.717, 1.165) is 24.5 Å². The van der Waals surface area contributed by atoms with Crippen molar-refractivity contribution in [1.29, 1.82) is 0 Å². The van der Waals surface area contributed by atoms with Crippen LogP contribution in [0.1, 0.15) is 42.4 Å². The highest BCUT2D eigenvalue weighted by atomic mass is 16.5. The highest BCUT2D eigenvalue weighted by Gasteiger charge is 2.23. The van der Waals surface area contributed by atoms with E-state index in [9.17, 15) is 0 Å². The number of nitrogens with two attached hydrogens (primary N) is 1. The summed E-state index contributed by atoms with van der Waals surface area (Å²) in [6.45, 7) is 7.60. The van der Waals surface area contributed by atoms with E-state index in [0.29, 0.717) is 13.2 Å². The standard InChI is InChI=1S/C19H32N4O/c1-13-11-14(2)18(15(3)12-13)23-19(21-9-10-24-4)22-17-8-6-5-7-16(17)20/h11-12,16-17H,5-10,20H2,1-4H3,(H2,21,22,23)/t16-,17-/m0/s1. The second kappa shape index (κ2) is 9.04. The van der Waals surface area contributed by atoms with Gasteiger partial charge in [0.2, 0.25) is 0 Å². The van der Waals surface area contributed by atoms with Gasteiger partial charge in [0.05, 0.1) is 13.2 Å². The topological polar surface area (TPSA) is 71.7 Å². The number of ether oxygens (including phenoxy) is 1. The minimum absolute atomic E-state index is 0.188. The first-order valence-electron chi connectivity index (χ1n) is 8.91. The lowest BCUT2D eigenvalue weighted by Crippen LogP contribution is -2.51. The molecule has 0 aromatic heterocycles. The molecule has 1 saturated carbocycles. The third kappa shape index (κ3) is 5.21. The number of aryl methyl sites for hydroxylation is 3. The van der Waals surface area contributed by atoms with Crippen molar-refractivity contribution in [3.05, 3.63) is 28.8 Å². The van der Waals surface area contributed by atoms with E-state index in [2.05, 4.69) is 48.5 Å². The SMILES string of the molecule is COCCN=C(Nc1c(C)cc(C)cc1C)N[C@H]1CCCC[C@@H]1N. The molecule has 0 spiro atoms. The van der Waals surface area contributed by atoms with Crippen molar-refractivity contribution in [2.45, 2.75) is 58.5 Å². The number of guanidine groups is 1. The summed E-state index contributed by atoms with van der Waals surface area (Å²) < 4.78 is 5.13. The second-order valence-electron chi connectivity index (χ2n) is 6.82. The smallest absolute Gasteiger partial charge is 0.196 e. The van der Waals surface area contributed by atoms with E-state index in [-0.39, 0.29) is 12.1 Å². The highest BCUT2D eigenvalue weighted by Crippen LogP contribution is 2.22. The molecule has 1 aliphatic carbocycles. The zero-order valence-electron chi connectivity index (χ0n) is 15.5. The Kier molecular flexibility index (Phi) is 7.06. The molecule has 0 aliphatic heterocycles. The van der Waals surface area contributed by atoms with Crippen LogP contribution < -0.4 is 16.4 Å². The Labute approximate surface area is 146 Å². The fourth-order valence-corrected chi connectivity index (χ4v) is 3.38. The number of nitrogens with one attached hydrogen (secondary N) is 2. The molecule has 1 aromatic carbocycles. The van der Waals surface area contributed by atoms with Gasteiger partial charge in [-0.25, -0.2) is 0 Å².